The van der Waals surface area contributed by atoms with Crippen LogP contribution in [0.1, 0.15) is 30.7 Å². The van der Waals surface area contributed by atoms with Crippen molar-refractivity contribution in [3.05, 3.63) is 35.7 Å². The summed E-state index contributed by atoms with van der Waals surface area (Å²) in [4.78, 5) is 0. The number of alkyl halides is 2. The van der Waals surface area contributed by atoms with Crippen molar-refractivity contribution in [2.24, 2.45) is 0 Å². The van der Waals surface area contributed by atoms with E-state index in [1.54, 1.807) is 24.3 Å². The molecule has 10 heteroatoms. The average Bonchev–Trinajstić information content (AvgIpc) is 3.12. The van der Waals surface area contributed by atoms with Gasteiger partial charge in [-0.1, -0.05) is 12.1 Å². The number of hydrogen-bond acceptors (Lipinski definition) is 6. The average molecular weight is 372 g/mol. The van der Waals surface area contributed by atoms with Crippen LogP contribution in [0.4, 0.5) is 8.78 Å². The van der Waals surface area contributed by atoms with Gasteiger partial charge in [0.2, 0.25) is 15.9 Å². The molecule has 0 unspecified atom stereocenters. The minimum Gasteiger partial charge on any atom is -0.415 e. The van der Waals surface area contributed by atoms with E-state index in [9.17, 15) is 17.2 Å². The minimum atomic E-state index is -3.36. The predicted molar refractivity (Wildman–Crippen MR) is 86.3 cm³/mol. The number of benzene rings is 1. The van der Waals surface area contributed by atoms with Gasteiger partial charge in [-0.05, 0) is 43.6 Å². The number of sulfonamides is 1. The van der Waals surface area contributed by atoms with E-state index in [2.05, 4.69) is 20.2 Å². The van der Waals surface area contributed by atoms with Crippen molar-refractivity contribution in [3.8, 4) is 11.5 Å². The summed E-state index contributed by atoms with van der Waals surface area (Å²) in [5.74, 6) is -0.731. The summed E-state index contributed by atoms with van der Waals surface area (Å²) in [5.41, 5.74) is 1.24. The van der Waals surface area contributed by atoms with Crippen LogP contribution >= 0.6 is 0 Å². The van der Waals surface area contributed by atoms with E-state index in [1.807, 2.05) is 0 Å². The number of piperidine rings is 1. The number of halogens is 2. The minimum absolute atomic E-state index is 0.00265. The fraction of sp³-hybridized carbons (Fsp3) is 0.467. The first-order valence-corrected chi connectivity index (χ1v) is 9.40. The van der Waals surface area contributed by atoms with Crippen molar-refractivity contribution in [2.75, 3.05) is 13.1 Å². The van der Waals surface area contributed by atoms with Gasteiger partial charge in [0.15, 0.2) is 0 Å². The zero-order valence-corrected chi connectivity index (χ0v) is 14.1. The van der Waals surface area contributed by atoms with E-state index in [0.29, 0.717) is 31.5 Å². The molecule has 2 N–H and O–H groups in total. The highest BCUT2D eigenvalue weighted by molar-refractivity contribution is 7.90. The van der Waals surface area contributed by atoms with Crippen molar-refractivity contribution in [1.82, 2.24) is 20.2 Å². The summed E-state index contributed by atoms with van der Waals surface area (Å²) in [6, 6.07) is 6.62. The fourth-order valence-corrected chi connectivity index (χ4v) is 4.07. The van der Waals surface area contributed by atoms with Gasteiger partial charge in [-0.2, -0.15) is 8.78 Å². The summed E-state index contributed by atoms with van der Waals surface area (Å²) in [6.45, 7) is 1.56. The molecule has 0 atom stereocenters. The fourth-order valence-electron chi connectivity index (χ4n) is 2.61. The lowest BCUT2D eigenvalue weighted by molar-refractivity contribution is 0.116. The Kier molecular flexibility index (Phi) is 5.40. The molecule has 0 aliphatic carbocycles. The molecule has 0 saturated carbocycles. The third kappa shape index (κ3) is 4.39. The first-order chi connectivity index (χ1) is 12.0. The zero-order valence-electron chi connectivity index (χ0n) is 13.3. The topological polar surface area (TPSA) is 97.1 Å². The Hall–Kier alpha value is -1.91. The molecule has 25 heavy (non-hydrogen) atoms. The van der Waals surface area contributed by atoms with Crippen LogP contribution in [-0.4, -0.2) is 37.0 Å². The van der Waals surface area contributed by atoms with E-state index in [4.69, 9.17) is 4.42 Å². The predicted octanol–water partition coefficient (Wildman–Crippen LogP) is 1.85. The number of nitrogens with zero attached hydrogens (tertiary/aromatic N) is 2. The second kappa shape index (κ2) is 7.54. The number of rotatable bonds is 6. The maximum Gasteiger partial charge on any atom is 0.314 e. The molecular formula is C15H18F2N4O3S. The zero-order chi connectivity index (χ0) is 17.9. The third-order valence-electron chi connectivity index (χ3n) is 4.03. The Balaban J connectivity index is 1.62. The van der Waals surface area contributed by atoms with Crippen LogP contribution in [0.5, 0.6) is 0 Å². The van der Waals surface area contributed by atoms with E-state index in [-0.39, 0.29) is 17.7 Å². The van der Waals surface area contributed by atoms with Crippen molar-refractivity contribution >= 4 is 10.0 Å². The number of nitrogens with one attached hydrogen (secondary N) is 2. The van der Waals surface area contributed by atoms with Crippen LogP contribution in [0.2, 0.25) is 0 Å². The highest BCUT2D eigenvalue weighted by atomic mass is 32.2. The monoisotopic (exact) mass is 372 g/mol. The highest BCUT2D eigenvalue weighted by Gasteiger charge is 2.26. The molecule has 1 aliphatic heterocycles. The van der Waals surface area contributed by atoms with Crippen molar-refractivity contribution in [3.63, 3.8) is 0 Å². The van der Waals surface area contributed by atoms with Crippen LogP contribution in [0, 0.1) is 0 Å². The lowest BCUT2D eigenvalue weighted by Crippen LogP contribution is -2.41. The second-order valence-electron chi connectivity index (χ2n) is 5.76. The van der Waals surface area contributed by atoms with Crippen LogP contribution in [0.15, 0.2) is 28.7 Å². The van der Waals surface area contributed by atoms with Gasteiger partial charge in [-0.3, -0.25) is 0 Å². The molecule has 3 rings (SSSR count). The summed E-state index contributed by atoms with van der Waals surface area (Å²) in [6.07, 6.45) is -1.62. The quantitative estimate of drug-likeness (QED) is 0.803. The Morgan fingerprint density at radius 3 is 2.48 bits per heavy atom. The van der Waals surface area contributed by atoms with E-state index >= 15 is 0 Å². The first kappa shape index (κ1) is 17.9. The smallest absolute Gasteiger partial charge is 0.314 e. The van der Waals surface area contributed by atoms with Gasteiger partial charge in [-0.25, -0.2) is 13.1 Å². The molecular weight excluding hydrogens is 354 g/mol. The van der Waals surface area contributed by atoms with Gasteiger partial charge in [0.1, 0.15) is 0 Å². The molecule has 1 saturated heterocycles. The second-order valence-corrected chi connectivity index (χ2v) is 7.80. The van der Waals surface area contributed by atoms with Gasteiger partial charge in [0, 0.05) is 12.1 Å². The molecule has 0 bridgehead atoms. The van der Waals surface area contributed by atoms with E-state index < -0.39 is 22.3 Å². The number of hydrogen-bond donors (Lipinski definition) is 2. The molecule has 1 aromatic carbocycles. The molecule has 136 valence electrons. The Bertz CT molecular complexity index is 802. The molecule has 1 aromatic heterocycles. The van der Waals surface area contributed by atoms with Crippen LogP contribution in [0.25, 0.3) is 11.5 Å². The maximum absolute atomic E-state index is 12.5. The summed E-state index contributed by atoms with van der Waals surface area (Å²) in [5, 5.41) is 9.60. The van der Waals surface area contributed by atoms with Gasteiger partial charge < -0.3 is 9.73 Å². The Morgan fingerprint density at radius 2 is 1.88 bits per heavy atom. The molecule has 1 aliphatic rings. The Morgan fingerprint density at radius 1 is 1.20 bits per heavy atom. The molecule has 0 spiro atoms. The molecule has 7 nitrogen and oxygen atoms in total. The van der Waals surface area contributed by atoms with Crippen LogP contribution < -0.4 is 10.0 Å². The summed E-state index contributed by atoms with van der Waals surface area (Å²) in [7, 11) is -3.36. The molecule has 1 fully saturated rings. The largest absolute Gasteiger partial charge is 0.415 e. The van der Waals surface area contributed by atoms with Crippen LogP contribution in [0.3, 0.4) is 0 Å². The van der Waals surface area contributed by atoms with Crippen LogP contribution in [-0.2, 0) is 16.6 Å². The number of aromatic nitrogens is 2. The third-order valence-corrected chi connectivity index (χ3v) is 5.93. The van der Waals surface area contributed by atoms with E-state index in [0.717, 1.165) is 5.56 Å². The summed E-state index contributed by atoms with van der Waals surface area (Å²) >= 11 is 0. The SMILES string of the molecule is O=S(=O)(NCc1ccc(-c2nnc(C(F)F)o2)cc1)C1CCNCC1. The van der Waals surface area contributed by atoms with Gasteiger partial charge >= 0.3 is 6.43 Å². The summed E-state index contributed by atoms with van der Waals surface area (Å²) < 4.78 is 57.0. The van der Waals surface area contributed by atoms with Gasteiger partial charge in [0.25, 0.3) is 5.89 Å². The van der Waals surface area contributed by atoms with Crippen molar-refractivity contribution < 1.29 is 21.6 Å². The molecule has 2 aromatic rings. The van der Waals surface area contributed by atoms with Crippen molar-refractivity contribution in [2.45, 2.75) is 31.1 Å². The highest BCUT2D eigenvalue weighted by Crippen LogP contribution is 2.23. The first-order valence-electron chi connectivity index (χ1n) is 7.86. The lowest BCUT2D eigenvalue weighted by Gasteiger charge is -2.22. The van der Waals surface area contributed by atoms with E-state index in [1.165, 1.54) is 0 Å². The normalized spacial score (nSPS) is 16.4. The molecule has 0 radical (unpaired) electrons. The Labute approximate surface area is 143 Å². The van der Waals surface area contributed by atoms with Crippen molar-refractivity contribution in [1.29, 1.82) is 0 Å². The lowest BCUT2D eigenvalue weighted by atomic mass is 10.1. The van der Waals surface area contributed by atoms with Gasteiger partial charge in [-0.15, -0.1) is 10.2 Å². The van der Waals surface area contributed by atoms with Gasteiger partial charge in [0.05, 0.1) is 5.25 Å². The maximum atomic E-state index is 12.5. The standard InChI is InChI=1S/C15H18F2N4O3S/c16-13(17)15-21-20-14(24-15)11-3-1-10(2-4-11)9-19-25(22,23)12-5-7-18-8-6-12/h1-4,12-13,18-19H,5-9H2. The molecule has 0 amide bonds. The molecule has 2 heterocycles.